The van der Waals surface area contributed by atoms with E-state index < -0.39 is 0 Å². The molecule has 0 spiro atoms. The van der Waals surface area contributed by atoms with Gasteiger partial charge in [-0.05, 0) is 39.9 Å². The van der Waals surface area contributed by atoms with Crippen LogP contribution in [0.1, 0.15) is 32.6 Å². The molecule has 1 heterocycles. The number of hydrogen-bond donors (Lipinski definition) is 1. The fourth-order valence-electron chi connectivity index (χ4n) is 2.32. The Kier molecular flexibility index (Phi) is 6.22. The molecule has 1 aliphatic heterocycles. The van der Waals surface area contributed by atoms with Gasteiger partial charge in [0.2, 0.25) is 0 Å². The number of likely N-dealkylation sites (N-methyl/N-ethyl adjacent to an activating group) is 1. The first-order valence-electron chi connectivity index (χ1n) is 6.36. The van der Waals surface area contributed by atoms with Crippen LogP contribution in [0.25, 0.3) is 0 Å². The highest BCUT2D eigenvalue weighted by Crippen LogP contribution is 2.09. The summed E-state index contributed by atoms with van der Waals surface area (Å²) in [5, 5.41) is 0. The number of nitrogens with zero attached hydrogens (tertiary/aromatic N) is 2. The molecule has 1 unspecified atom stereocenters. The Hall–Kier alpha value is -0.120. The summed E-state index contributed by atoms with van der Waals surface area (Å²) < 4.78 is 0. The van der Waals surface area contributed by atoms with E-state index in [4.69, 9.17) is 5.73 Å². The SMILES string of the molecule is CC1CN(C)CCN1CCCCCCN. The molecule has 0 aliphatic carbocycles. The molecule has 1 fully saturated rings. The van der Waals surface area contributed by atoms with Gasteiger partial charge < -0.3 is 10.6 Å². The lowest BCUT2D eigenvalue weighted by Gasteiger charge is -2.38. The second kappa shape index (κ2) is 7.20. The van der Waals surface area contributed by atoms with Crippen molar-refractivity contribution in [1.82, 2.24) is 9.80 Å². The molecule has 2 N–H and O–H groups in total. The predicted molar refractivity (Wildman–Crippen MR) is 66.1 cm³/mol. The summed E-state index contributed by atoms with van der Waals surface area (Å²) >= 11 is 0. The Balaban J connectivity index is 2.05. The van der Waals surface area contributed by atoms with Crippen molar-refractivity contribution < 1.29 is 0 Å². The van der Waals surface area contributed by atoms with Crippen LogP contribution in [-0.4, -0.2) is 55.6 Å². The third-order valence-corrected chi connectivity index (χ3v) is 3.37. The van der Waals surface area contributed by atoms with E-state index in [0.29, 0.717) is 0 Å². The van der Waals surface area contributed by atoms with Crippen molar-refractivity contribution in [3.8, 4) is 0 Å². The Labute approximate surface area is 94.6 Å². The average Bonchev–Trinajstić information content (AvgIpc) is 2.20. The molecule has 0 aromatic carbocycles. The van der Waals surface area contributed by atoms with Crippen molar-refractivity contribution in [3.63, 3.8) is 0 Å². The van der Waals surface area contributed by atoms with Gasteiger partial charge in [0.25, 0.3) is 0 Å². The van der Waals surface area contributed by atoms with Crippen molar-refractivity contribution in [2.24, 2.45) is 5.73 Å². The molecule has 90 valence electrons. The molecule has 0 radical (unpaired) electrons. The maximum absolute atomic E-state index is 5.47. The fourth-order valence-corrected chi connectivity index (χ4v) is 2.32. The van der Waals surface area contributed by atoms with Crippen molar-refractivity contribution in [2.75, 3.05) is 39.8 Å². The molecule has 1 atom stereocenters. The molecule has 1 rings (SSSR count). The maximum atomic E-state index is 5.47. The van der Waals surface area contributed by atoms with Crippen LogP contribution < -0.4 is 5.73 Å². The second-order valence-corrected chi connectivity index (χ2v) is 4.85. The number of hydrogen-bond acceptors (Lipinski definition) is 3. The van der Waals surface area contributed by atoms with Crippen molar-refractivity contribution >= 4 is 0 Å². The Morgan fingerprint density at radius 3 is 2.53 bits per heavy atom. The highest BCUT2D eigenvalue weighted by atomic mass is 15.3. The van der Waals surface area contributed by atoms with Gasteiger partial charge in [-0.1, -0.05) is 12.8 Å². The highest BCUT2D eigenvalue weighted by Gasteiger charge is 2.20. The standard InChI is InChI=1S/C12H27N3/c1-12-11-14(2)9-10-15(12)8-6-4-3-5-7-13/h12H,3-11,13H2,1-2H3. The largest absolute Gasteiger partial charge is 0.330 e. The summed E-state index contributed by atoms with van der Waals surface area (Å²) in [7, 11) is 2.22. The summed E-state index contributed by atoms with van der Waals surface area (Å²) in [5.74, 6) is 0. The van der Waals surface area contributed by atoms with E-state index in [1.54, 1.807) is 0 Å². The van der Waals surface area contributed by atoms with Gasteiger partial charge in [0, 0.05) is 25.7 Å². The monoisotopic (exact) mass is 213 g/mol. The number of rotatable bonds is 6. The van der Waals surface area contributed by atoms with Gasteiger partial charge in [0.1, 0.15) is 0 Å². The molecule has 0 aromatic rings. The van der Waals surface area contributed by atoms with Gasteiger partial charge in [-0.2, -0.15) is 0 Å². The van der Waals surface area contributed by atoms with Crippen LogP contribution in [0, 0.1) is 0 Å². The van der Waals surface area contributed by atoms with Crippen LogP contribution >= 0.6 is 0 Å². The van der Waals surface area contributed by atoms with E-state index in [0.717, 1.165) is 12.6 Å². The fraction of sp³-hybridized carbons (Fsp3) is 1.00. The second-order valence-electron chi connectivity index (χ2n) is 4.85. The topological polar surface area (TPSA) is 32.5 Å². The van der Waals surface area contributed by atoms with E-state index in [9.17, 15) is 0 Å². The molecule has 1 saturated heterocycles. The van der Waals surface area contributed by atoms with Gasteiger partial charge >= 0.3 is 0 Å². The zero-order valence-electron chi connectivity index (χ0n) is 10.4. The summed E-state index contributed by atoms with van der Waals surface area (Å²) in [6, 6.07) is 0.734. The minimum atomic E-state index is 0.734. The van der Waals surface area contributed by atoms with Gasteiger partial charge in [-0.15, -0.1) is 0 Å². The molecular weight excluding hydrogens is 186 g/mol. The molecule has 0 amide bonds. The number of unbranched alkanes of at least 4 members (excludes halogenated alkanes) is 3. The molecule has 3 heteroatoms. The molecule has 0 bridgehead atoms. The Bertz CT molecular complexity index is 161. The van der Waals surface area contributed by atoms with E-state index in [2.05, 4.69) is 23.8 Å². The van der Waals surface area contributed by atoms with Crippen LogP contribution in [-0.2, 0) is 0 Å². The van der Waals surface area contributed by atoms with Crippen LogP contribution in [0.5, 0.6) is 0 Å². The molecule has 3 nitrogen and oxygen atoms in total. The third-order valence-electron chi connectivity index (χ3n) is 3.37. The maximum Gasteiger partial charge on any atom is 0.0195 e. The first-order valence-corrected chi connectivity index (χ1v) is 6.36. The van der Waals surface area contributed by atoms with Gasteiger partial charge in [-0.3, -0.25) is 4.90 Å². The molecule has 1 aliphatic rings. The highest BCUT2D eigenvalue weighted by molar-refractivity contribution is 4.76. The van der Waals surface area contributed by atoms with Crippen LogP contribution in [0.15, 0.2) is 0 Å². The summed E-state index contributed by atoms with van der Waals surface area (Å²) in [5.41, 5.74) is 5.47. The molecular formula is C12H27N3. The summed E-state index contributed by atoms with van der Waals surface area (Å²) in [4.78, 5) is 5.05. The van der Waals surface area contributed by atoms with Gasteiger partial charge in [0.15, 0.2) is 0 Å². The van der Waals surface area contributed by atoms with Crippen LogP contribution in [0.3, 0.4) is 0 Å². The van der Waals surface area contributed by atoms with Crippen molar-refractivity contribution in [3.05, 3.63) is 0 Å². The van der Waals surface area contributed by atoms with Gasteiger partial charge in [-0.25, -0.2) is 0 Å². The van der Waals surface area contributed by atoms with E-state index in [1.165, 1.54) is 51.9 Å². The van der Waals surface area contributed by atoms with Crippen molar-refractivity contribution in [2.45, 2.75) is 38.6 Å². The van der Waals surface area contributed by atoms with E-state index >= 15 is 0 Å². The summed E-state index contributed by atoms with van der Waals surface area (Å²) in [6.07, 6.45) is 5.18. The first-order chi connectivity index (χ1) is 7.24. The third kappa shape index (κ3) is 4.96. The quantitative estimate of drug-likeness (QED) is 0.672. The van der Waals surface area contributed by atoms with Crippen LogP contribution in [0.4, 0.5) is 0 Å². The summed E-state index contributed by atoms with van der Waals surface area (Å²) in [6.45, 7) is 8.17. The van der Waals surface area contributed by atoms with Gasteiger partial charge in [0.05, 0.1) is 0 Å². The average molecular weight is 213 g/mol. The minimum Gasteiger partial charge on any atom is -0.330 e. The first kappa shape index (κ1) is 12.9. The lowest BCUT2D eigenvalue weighted by Crippen LogP contribution is -2.50. The lowest BCUT2D eigenvalue weighted by atomic mass is 10.1. The number of nitrogens with two attached hydrogens (primary N) is 1. The van der Waals surface area contributed by atoms with E-state index in [1.807, 2.05) is 0 Å². The van der Waals surface area contributed by atoms with E-state index in [-0.39, 0.29) is 0 Å². The zero-order chi connectivity index (χ0) is 11.1. The lowest BCUT2D eigenvalue weighted by molar-refractivity contribution is 0.0984. The smallest absolute Gasteiger partial charge is 0.0195 e. The van der Waals surface area contributed by atoms with Crippen LogP contribution in [0.2, 0.25) is 0 Å². The normalized spacial score (nSPS) is 24.6. The molecule has 0 aromatic heterocycles. The minimum absolute atomic E-state index is 0.734. The zero-order valence-corrected chi connectivity index (χ0v) is 10.4. The number of piperazine rings is 1. The predicted octanol–water partition coefficient (Wildman–Crippen LogP) is 1.14. The molecule has 0 saturated carbocycles. The Morgan fingerprint density at radius 1 is 1.13 bits per heavy atom. The molecule has 15 heavy (non-hydrogen) atoms. The Morgan fingerprint density at radius 2 is 1.87 bits per heavy atom. The van der Waals surface area contributed by atoms with Crippen molar-refractivity contribution in [1.29, 1.82) is 0 Å².